The molecule has 1 aromatic rings. The van der Waals surface area contributed by atoms with Gasteiger partial charge in [-0.25, -0.2) is 9.78 Å². The fourth-order valence-corrected chi connectivity index (χ4v) is 2.72. The number of hydrogen-bond donors (Lipinski definition) is 2. The molecule has 1 unspecified atom stereocenters. The molecule has 1 atom stereocenters. The Balaban J connectivity index is 2.01. The summed E-state index contributed by atoms with van der Waals surface area (Å²) < 4.78 is 0. The maximum Gasteiger partial charge on any atom is 0.321 e. The summed E-state index contributed by atoms with van der Waals surface area (Å²) in [4.78, 5) is 31.8. The van der Waals surface area contributed by atoms with Crippen molar-refractivity contribution in [2.75, 3.05) is 38.1 Å². The van der Waals surface area contributed by atoms with Crippen molar-refractivity contribution in [2.24, 2.45) is 0 Å². The third kappa shape index (κ3) is 4.20. The predicted molar refractivity (Wildman–Crippen MR) is 89.4 cm³/mol. The Hall–Kier alpha value is -2.66. The topological polar surface area (TPSA) is 101 Å². The van der Waals surface area contributed by atoms with Crippen LogP contribution in [-0.2, 0) is 4.79 Å². The van der Waals surface area contributed by atoms with Crippen LogP contribution in [0.15, 0.2) is 18.3 Å². The summed E-state index contributed by atoms with van der Waals surface area (Å²) in [5, 5.41) is 13.9. The number of nitrogens with zero attached hydrogens (tertiary/aromatic N) is 4. The summed E-state index contributed by atoms with van der Waals surface area (Å²) in [5.41, 5.74) is 0.552. The number of urea groups is 1. The second-order valence-electron chi connectivity index (χ2n) is 5.61. The number of amides is 3. The summed E-state index contributed by atoms with van der Waals surface area (Å²) in [5.74, 6) is 0.364. The number of hydrogen-bond acceptors (Lipinski definition) is 6. The van der Waals surface area contributed by atoms with Gasteiger partial charge < -0.3 is 10.2 Å². The molecule has 0 aromatic carbocycles. The summed E-state index contributed by atoms with van der Waals surface area (Å²) in [6.07, 6.45) is 2.53. The first-order valence-corrected chi connectivity index (χ1v) is 7.93. The summed E-state index contributed by atoms with van der Waals surface area (Å²) in [7, 11) is 1.47. The number of imide groups is 1. The van der Waals surface area contributed by atoms with Crippen molar-refractivity contribution < 1.29 is 9.59 Å². The zero-order valence-electron chi connectivity index (χ0n) is 14.0. The SMILES string of the molecule is CNC(=O)NC(=O)C(C)N1CCCN(c2ncccc2C#N)CC1. The van der Waals surface area contributed by atoms with Gasteiger partial charge in [0.1, 0.15) is 11.9 Å². The lowest BCUT2D eigenvalue weighted by Gasteiger charge is -2.27. The number of pyridine rings is 1. The number of aromatic nitrogens is 1. The van der Waals surface area contributed by atoms with Gasteiger partial charge in [0, 0.05) is 39.4 Å². The van der Waals surface area contributed by atoms with Crippen LogP contribution in [0.2, 0.25) is 0 Å². The van der Waals surface area contributed by atoms with Crippen LogP contribution >= 0.6 is 0 Å². The Morgan fingerprint density at radius 1 is 1.33 bits per heavy atom. The minimum Gasteiger partial charge on any atom is -0.354 e. The van der Waals surface area contributed by atoms with Crippen LogP contribution < -0.4 is 15.5 Å². The Morgan fingerprint density at radius 2 is 2.12 bits per heavy atom. The smallest absolute Gasteiger partial charge is 0.321 e. The molecule has 128 valence electrons. The Morgan fingerprint density at radius 3 is 2.83 bits per heavy atom. The van der Waals surface area contributed by atoms with Crippen molar-refractivity contribution in [3.05, 3.63) is 23.9 Å². The molecule has 1 aliphatic rings. The van der Waals surface area contributed by atoms with E-state index >= 15 is 0 Å². The summed E-state index contributed by atoms with van der Waals surface area (Å²) in [6.45, 7) is 4.63. The van der Waals surface area contributed by atoms with E-state index in [9.17, 15) is 14.9 Å². The predicted octanol–water partition coefficient (Wildman–Crippen LogP) is 0.309. The molecular formula is C16H22N6O2. The highest BCUT2D eigenvalue weighted by Crippen LogP contribution is 2.18. The van der Waals surface area contributed by atoms with Crippen LogP contribution in [0.5, 0.6) is 0 Å². The minimum atomic E-state index is -0.504. The highest BCUT2D eigenvalue weighted by Gasteiger charge is 2.25. The number of carbonyl (C=O) groups is 2. The van der Waals surface area contributed by atoms with Gasteiger partial charge >= 0.3 is 6.03 Å². The van der Waals surface area contributed by atoms with E-state index < -0.39 is 12.1 Å². The van der Waals surface area contributed by atoms with E-state index in [2.05, 4.69) is 26.6 Å². The highest BCUT2D eigenvalue weighted by molar-refractivity contribution is 5.96. The van der Waals surface area contributed by atoms with Crippen LogP contribution in [0.1, 0.15) is 18.9 Å². The van der Waals surface area contributed by atoms with Crippen LogP contribution in [-0.4, -0.2) is 61.1 Å². The van der Waals surface area contributed by atoms with Crippen LogP contribution in [0.4, 0.5) is 10.6 Å². The van der Waals surface area contributed by atoms with Crippen molar-refractivity contribution in [2.45, 2.75) is 19.4 Å². The van der Waals surface area contributed by atoms with E-state index in [0.717, 1.165) is 19.5 Å². The molecule has 1 aromatic heterocycles. The Labute approximate surface area is 141 Å². The lowest BCUT2D eigenvalue weighted by atomic mass is 10.2. The van der Waals surface area contributed by atoms with Gasteiger partial charge in [-0.1, -0.05) is 0 Å². The highest BCUT2D eigenvalue weighted by atomic mass is 16.2. The van der Waals surface area contributed by atoms with Gasteiger partial charge in [-0.2, -0.15) is 5.26 Å². The maximum absolute atomic E-state index is 12.1. The molecule has 2 heterocycles. The molecule has 24 heavy (non-hydrogen) atoms. The molecule has 0 saturated carbocycles. The first kappa shape index (κ1) is 17.7. The molecular weight excluding hydrogens is 308 g/mol. The molecule has 0 spiro atoms. The normalized spacial score (nSPS) is 16.6. The minimum absolute atomic E-state index is 0.321. The monoisotopic (exact) mass is 330 g/mol. The average Bonchev–Trinajstić information content (AvgIpc) is 2.86. The number of anilines is 1. The molecule has 0 radical (unpaired) electrons. The molecule has 1 aliphatic heterocycles. The summed E-state index contributed by atoms with van der Waals surface area (Å²) in [6, 6.07) is 4.76. The first-order chi connectivity index (χ1) is 11.6. The Bertz CT molecular complexity index is 642. The molecule has 2 rings (SSSR count). The summed E-state index contributed by atoms with van der Waals surface area (Å²) >= 11 is 0. The number of nitriles is 1. The zero-order chi connectivity index (χ0) is 17.5. The number of nitrogens with one attached hydrogen (secondary N) is 2. The first-order valence-electron chi connectivity index (χ1n) is 7.93. The van der Waals surface area contributed by atoms with E-state index in [0.29, 0.717) is 24.5 Å². The van der Waals surface area contributed by atoms with Crippen molar-refractivity contribution >= 4 is 17.8 Å². The second kappa shape index (κ2) is 8.26. The van der Waals surface area contributed by atoms with Gasteiger partial charge in [-0.3, -0.25) is 15.0 Å². The van der Waals surface area contributed by atoms with E-state index in [1.165, 1.54) is 7.05 Å². The van der Waals surface area contributed by atoms with Gasteiger partial charge in [0.25, 0.3) is 0 Å². The van der Waals surface area contributed by atoms with E-state index in [4.69, 9.17) is 0 Å². The quantitative estimate of drug-likeness (QED) is 0.827. The van der Waals surface area contributed by atoms with E-state index in [1.807, 2.05) is 4.90 Å². The van der Waals surface area contributed by atoms with Gasteiger partial charge in [-0.05, 0) is 25.5 Å². The fourth-order valence-electron chi connectivity index (χ4n) is 2.72. The van der Waals surface area contributed by atoms with Crippen LogP contribution in [0.3, 0.4) is 0 Å². The van der Waals surface area contributed by atoms with Crippen molar-refractivity contribution in [1.29, 1.82) is 5.26 Å². The third-order valence-electron chi connectivity index (χ3n) is 4.13. The number of carbonyl (C=O) groups excluding carboxylic acids is 2. The van der Waals surface area contributed by atoms with Crippen molar-refractivity contribution in [1.82, 2.24) is 20.5 Å². The molecule has 1 fully saturated rings. The average molecular weight is 330 g/mol. The molecule has 0 aliphatic carbocycles. The molecule has 0 bridgehead atoms. The second-order valence-corrected chi connectivity index (χ2v) is 5.61. The lowest BCUT2D eigenvalue weighted by molar-refractivity contribution is -0.124. The third-order valence-corrected chi connectivity index (χ3v) is 4.13. The molecule has 3 amide bonds. The van der Waals surface area contributed by atoms with Gasteiger partial charge in [0.2, 0.25) is 5.91 Å². The van der Waals surface area contributed by atoms with Crippen LogP contribution in [0, 0.1) is 11.3 Å². The molecule has 2 N–H and O–H groups in total. The molecule has 8 heteroatoms. The fraction of sp³-hybridized carbons (Fsp3) is 0.500. The largest absolute Gasteiger partial charge is 0.354 e. The van der Waals surface area contributed by atoms with E-state index in [1.54, 1.807) is 25.3 Å². The molecule has 8 nitrogen and oxygen atoms in total. The van der Waals surface area contributed by atoms with Crippen molar-refractivity contribution in [3.63, 3.8) is 0 Å². The number of rotatable bonds is 3. The van der Waals surface area contributed by atoms with Gasteiger partial charge in [0.15, 0.2) is 0 Å². The Kier molecular flexibility index (Phi) is 6.09. The van der Waals surface area contributed by atoms with Gasteiger partial charge in [0.05, 0.1) is 11.6 Å². The van der Waals surface area contributed by atoms with E-state index in [-0.39, 0.29) is 5.91 Å². The molecule has 1 saturated heterocycles. The lowest BCUT2D eigenvalue weighted by Crippen LogP contribution is -2.50. The standard InChI is InChI=1S/C16H22N6O2/c1-12(15(23)20-16(24)18-2)21-7-4-8-22(10-9-21)14-13(11-17)5-3-6-19-14/h3,5-6,12H,4,7-10H2,1-2H3,(H2,18,20,23,24). The zero-order valence-corrected chi connectivity index (χ0v) is 14.0. The van der Waals surface area contributed by atoms with Crippen molar-refractivity contribution in [3.8, 4) is 6.07 Å². The maximum atomic E-state index is 12.1. The van der Waals surface area contributed by atoms with Crippen LogP contribution in [0.25, 0.3) is 0 Å². The van der Waals surface area contributed by atoms with Gasteiger partial charge in [-0.15, -0.1) is 0 Å².